The maximum absolute atomic E-state index is 13.5. The fraction of sp³-hybridized carbons (Fsp3) is 0.294. The summed E-state index contributed by atoms with van der Waals surface area (Å²) in [5.74, 6) is -0.547. The van der Waals surface area contributed by atoms with E-state index < -0.39 is 5.82 Å². The Morgan fingerprint density at radius 3 is 3.00 bits per heavy atom. The second kappa shape index (κ2) is 9.68. The lowest BCUT2D eigenvalue weighted by Gasteiger charge is -2.04. The lowest BCUT2D eigenvalue weighted by molar-refractivity contribution is 0.143. The molecule has 2 heterocycles. The average Bonchev–Trinajstić information content (AvgIpc) is 2.60. The van der Waals surface area contributed by atoms with Gasteiger partial charge in [0.05, 0.1) is 16.9 Å². The third kappa shape index (κ3) is 6.11. The number of rotatable bonds is 8. The second-order valence-corrected chi connectivity index (χ2v) is 5.50. The number of hydrogen-bond acceptors (Lipinski definition) is 6. The van der Waals surface area contributed by atoms with E-state index in [0.29, 0.717) is 18.7 Å². The number of oxime groups is 2. The minimum absolute atomic E-state index is 0.0756. The van der Waals surface area contributed by atoms with Crippen molar-refractivity contribution in [3.63, 3.8) is 0 Å². The van der Waals surface area contributed by atoms with Crippen LogP contribution in [0.15, 0.2) is 40.8 Å². The van der Waals surface area contributed by atoms with Gasteiger partial charge >= 0.3 is 0 Å². The number of pyridine rings is 2. The standard InChI is InChI=1S/C17H18ClFN4O2/c1-12(23-24-2)16-7-3-5-14(22-16)6-4-8-25-21-11-17-15(19)9-13(18)10-20-17/h3,5,7,9-11H,4,6,8H2,1-2H3/b21-11+,23-12+. The normalized spacial score (nSPS) is 11.8. The molecular formula is C17H18ClFN4O2. The first-order valence-electron chi connectivity index (χ1n) is 7.60. The monoisotopic (exact) mass is 364 g/mol. The minimum Gasteiger partial charge on any atom is -0.399 e. The van der Waals surface area contributed by atoms with Crippen LogP contribution >= 0.6 is 11.6 Å². The predicted octanol–water partition coefficient (Wildman–Crippen LogP) is 3.62. The topological polar surface area (TPSA) is 69.0 Å². The Bertz CT molecular complexity index is 768. The highest BCUT2D eigenvalue weighted by molar-refractivity contribution is 6.30. The number of hydrogen-bond donors (Lipinski definition) is 0. The molecule has 2 rings (SSSR count). The van der Waals surface area contributed by atoms with Gasteiger partial charge in [0.1, 0.15) is 25.1 Å². The Labute approximate surface area is 150 Å². The molecule has 2 aromatic heterocycles. The molecule has 8 heteroatoms. The van der Waals surface area contributed by atoms with E-state index in [1.807, 2.05) is 25.1 Å². The van der Waals surface area contributed by atoms with E-state index in [4.69, 9.17) is 21.3 Å². The van der Waals surface area contributed by atoms with Gasteiger partial charge in [-0.05, 0) is 38.0 Å². The maximum Gasteiger partial charge on any atom is 0.152 e. The van der Waals surface area contributed by atoms with Crippen LogP contribution in [-0.2, 0) is 16.1 Å². The van der Waals surface area contributed by atoms with Crippen LogP contribution in [-0.4, -0.2) is 35.6 Å². The van der Waals surface area contributed by atoms with Gasteiger partial charge in [0.25, 0.3) is 0 Å². The van der Waals surface area contributed by atoms with E-state index in [0.717, 1.165) is 17.8 Å². The van der Waals surface area contributed by atoms with Crippen LogP contribution in [0.25, 0.3) is 0 Å². The SMILES string of the molecule is CO/N=C(\C)c1cccc(CCCO/N=C/c2ncc(Cl)cc2F)n1. The van der Waals surface area contributed by atoms with Gasteiger partial charge in [0, 0.05) is 11.9 Å². The highest BCUT2D eigenvalue weighted by Crippen LogP contribution is 2.10. The predicted molar refractivity (Wildman–Crippen MR) is 94.5 cm³/mol. The molecule has 0 fully saturated rings. The summed E-state index contributed by atoms with van der Waals surface area (Å²) in [7, 11) is 1.50. The van der Waals surface area contributed by atoms with Crippen molar-refractivity contribution in [2.45, 2.75) is 19.8 Å². The maximum atomic E-state index is 13.5. The Kier molecular flexibility index (Phi) is 7.28. The van der Waals surface area contributed by atoms with E-state index in [9.17, 15) is 4.39 Å². The fourth-order valence-electron chi connectivity index (χ4n) is 1.98. The van der Waals surface area contributed by atoms with Crippen molar-refractivity contribution in [3.8, 4) is 0 Å². The first-order valence-corrected chi connectivity index (χ1v) is 7.98. The third-order valence-corrected chi connectivity index (χ3v) is 3.37. The highest BCUT2D eigenvalue weighted by Gasteiger charge is 2.03. The summed E-state index contributed by atoms with van der Waals surface area (Å²) in [6, 6.07) is 6.89. The molecule has 0 aliphatic heterocycles. The Morgan fingerprint density at radius 2 is 2.24 bits per heavy atom. The van der Waals surface area contributed by atoms with Crippen LogP contribution in [0.5, 0.6) is 0 Å². The van der Waals surface area contributed by atoms with E-state index >= 15 is 0 Å². The summed E-state index contributed by atoms with van der Waals surface area (Å²) in [5.41, 5.74) is 2.47. The molecule has 2 aromatic rings. The zero-order valence-electron chi connectivity index (χ0n) is 13.9. The summed E-state index contributed by atoms with van der Waals surface area (Å²) in [6.07, 6.45) is 4.00. The van der Waals surface area contributed by atoms with Gasteiger partial charge in [-0.15, -0.1) is 0 Å². The first-order chi connectivity index (χ1) is 12.1. The van der Waals surface area contributed by atoms with Crippen molar-refractivity contribution >= 4 is 23.5 Å². The number of aryl methyl sites for hydroxylation is 1. The van der Waals surface area contributed by atoms with Gasteiger partial charge in [-0.1, -0.05) is 28.0 Å². The number of nitrogens with zero attached hydrogens (tertiary/aromatic N) is 4. The summed E-state index contributed by atoms with van der Waals surface area (Å²) in [4.78, 5) is 18.2. The number of halogens is 2. The molecule has 0 bridgehead atoms. The van der Waals surface area contributed by atoms with Crippen molar-refractivity contribution in [1.29, 1.82) is 0 Å². The van der Waals surface area contributed by atoms with E-state index in [-0.39, 0.29) is 10.7 Å². The summed E-state index contributed by atoms with van der Waals surface area (Å²) in [5, 5.41) is 7.80. The molecule has 0 radical (unpaired) electrons. The molecule has 0 amide bonds. The van der Waals surface area contributed by atoms with Crippen LogP contribution in [0.2, 0.25) is 5.02 Å². The van der Waals surface area contributed by atoms with E-state index in [1.165, 1.54) is 25.6 Å². The molecule has 0 saturated heterocycles. The summed E-state index contributed by atoms with van der Waals surface area (Å²) < 4.78 is 13.5. The van der Waals surface area contributed by atoms with Gasteiger partial charge in [0.2, 0.25) is 0 Å². The summed E-state index contributed by atoms with van der Waals surface area (Å²) in [6.45, 7) is 2.21. The van der Waals surface area contributed by atoms with Crippen LogP contribution in [0.1, 0.15) is 30.4 Å². The van der Waals surface area contributed by atoms with Crippen molar-refractivity contribution in [2.24, 2.45) is 10.3 Å². The zero-order chi connectivity index (χ0) is 18.1. The second-order valence-electron chi connectivity index (χ2n) is 5.07. The third-order valence-electron chi connectivity index (χ3n) is 3.16. The lowest BCUT2D eigenvalue weighted by atomic mass is 10.2. The zero-order valence-corrected chi connectivity index (χ0v) is 14.7. The van der Waals surface area contributed by atoms with Crippen LogP contribution in [0, 0.1) is 5.82 Å². The molecule has 0 aromatic carbocycles. The molecule has 132 valence electrons. The molecule has 0 aliphatic carbocycles. The molecule has 0 N–H and O–H groups in total. The quantitative estimate of drug-likeness (QED) is 0.407. The highest BCUT2D eigenvalue weighted by atomic mass is 35.5. The lowest BCUT2D eigenvalue weighted by Crippen LogP contribution is -2.03. The molecule has 0 atom stereocenters. The van der Waals surface area contributed by atoms with Crippen LogP contribution in [0.4, 0.5) is 4.39 Å². The van der Waals surface area contributed by atoms with Gasteiger partial charge in [0.15, 0.2) is 5.82 Å². The van der Waals surface area contributed by atoms with Crippen molar-refractivity contribution in [2.75, 3.05) is 13.7 Å². The molecule has 0 aliphatic rings. The van der Waals surface area contributed by atoms with Gasteiger partial charge in [-0.3, -0.25) is 9.97 Å². The average molecular weight is 365 g/mol. The summed E-state index contributed by atoms with van der Waals surface area (Å²) >= 11 is 5.63. The Balaban J connectivity index is 1.79. The van der Waals surface area contributed by atoms with Gasteiger partial charge < -0.3 is 9.68 Å². The van der Waals surface area contributed by atoms with Crippen molar-refractivity contribution in [1.82, 2.24) is 9.97 Å². The molecule has 0 spiro atoms. The van der Waals surface area contributed by atoms with E-state index in [2.05, 4.69) is 20.3 Å². The Morgan fingerprint density at radius 1 is 1.40 bits per heavy atom. The van der Waals surface area contributed by atoms with E-state index in [1.54, 1.807) is 0 Å². The van der Waals surface area contributed by atoms with Crippen LogP contribution < -0.4 is 0 Å². The molecule has 25 heavy (non-hydrogen) atoms. The molecule has 6 nitrogen and oxygen atoms in total. The fourth-order valence-corrected chi connectivity index (χ4v) is 2.13. The molecule has 0 saturated carbocycles. The largest absolute Gasteiger partial charge is 0.399 e. The van der Waals surface area contributed by atoms with Crippen molar-refractivity contribution < 1.29 is 14.1 Å². The van der Waals surface area contributed by atoms with Crippen LogP contribution in [0.3, 0.4) is 0 Å². The molecule has 0 unspecified atom stereocenters. The smallest absolute Gasteiger partial charge is 0.152 e. The van der Waals surface area contributed by atoms with Gasteiger partial charge in [-0.2, -0.15) is 0 Å². The molecular weight excluding hydrogens is 347 g/mol. The van der Waals surface area contributed by atoms with Gasteiger partial charge in [-0.25, -0.2) is 4.39 Å². The van der Waals surface area contributed by atoms with Crippen molar-refractivity contribution in [3.05, 3.63) is 58.4 Å². The number of aromatic nitrogens is 2. The first kappa shape index (κ1) is 18.8. The minimum atomic E-state index is -0.547. The Hall–Kier alpha value is -2.54.